The number of hydrogen-bond donors (Lipinski definition) is 1. The largest absolute Gasteiger partial charge is 0.491 e. The van der Waals surface area contributed by atoms with Crippen LogP contribution in [-0.2, 0) is 12.7 Å². The third-order valence-electron chi connectivity index (χ3n) is 5.02. The van der Waals surface area contributed by atoms with Crippen molar-refractivity contribution in [3.63, 3.8) is 0 Å². The highest BCUT2D eigenvalue weighted by Gasteiger charge is 2.34. The fraction of sp³-hybridized carbons (Fsp3) is 0.500. The van der Waals surface area contributed by atoms with Crippen LogP contribution >= 0.6 is 22.7 Å². The number of alkyl halides is 3. The second-order valence-corrected chi connectivity index (χ2v) is 9.88. The van der Waals surface area contributed by atoms with Crippen LogP contribution in [0.3, 0.4) is 0 Å². The first-order chi connectivity index (χ1) is 14.8. The van der Waals surface area contributed by atoms with Crippen molar-refractivity contribution in [2.45, 2.75) is 25.7 Å². The fourth-order valence-corrected chi connectivity index (χ4v) is 5.15. The average molecular weight is 473 g/mol. The molecule has 31 heavy (non-hydrogen) atoms. The zero-order chi connectivity index (χ0) is 22.0. The number of aliphatic hydroxyl groups is 1. The van der Waals surface area contributed by atoms with Gasteiger partial charge in [-0.2, -0.15) is 13.2 Å². The molecule has 1 atom stereocenters. The normalized spacial score (nSPS) is 17.3. The highest BCUT2D eigenvalue weighted by Crippen LogP contribution is 2.33. The van der Waals surface area contributed by atoms with Crippen molar-refractivity contribution in [3.05, 3.63) is 39.3 Å². The van der Waals surface area contributed by atoms with E-state index in [1.165, 1.54) is 6.20 Å². The summed E-state index contributed by atoms with van der Waals surface area (Å²) in [6, 6.07) is 5.74. The summed E-state index contributed by atoms with van der Waals surface area (Å²) >= 11 is 2.33. The van der Waals surface area contributed by atoms with Crippen molar-refractivity contribution in [2.75, 3.05) is 39.3 Å². The molecule has 3 aromatic rings. The molecule has 0 spiro atoms. The Morgan fingerprint density at radius 1 is 1.16 bits per heavy atom. The van der Waals surface area contributed by atoms with Gasteiger partial charge < -0.3 is 9.84 Å². The van der Waals surface area contributed by atoms with Gasteiger partial charge >= 0.3 is 6.18 Å². The molecule has 0 bridgehead atoms. The number of halogens is 3. The van der Waals surface area contributed by atoms with Crippen LogP contribution in [0.2, 0.25) is 0 Å². The summed E-state index contributed by atoms with van der Waals surface area (Å²) in [6.45, 7) is 6.05. The number of aliphatic hydroxyl groups excluding tert-OH is 1. The second kappa shape index (κ2) is 9.37. The Morgan fingerprint density at radius 2 is 1.90 bits per heavy atom. The minimum atomic E-state index is -4.38. The number of aryl methyl sites for hydroxylation is 1. The minimum Gasteiger partial charge on any atom is -0.491 e. The molecule has 1 aliphatic heterocycles. The van der Waals surface area contributed by atoms with E-state index in [1.807, 2.05) is 25.1 Å². The Hall–Kier alpha value is -1.79. The molecule has 3 heterocycles. The summed E-state index contributed by atoms with van der Waals surface area (Å²) in [7, 11) is 0. The maximum Gasteiger partial charge on any atom is 0.443 e. The Labute approximate surface area is 185 Å². The SMILES string of the molecule is Cc1nc2cc(OC[C@H](O)CN3CCN(Cc4cnc(C(F)(F)F)s4)CC3)ccc2s1. The van der Waals surface area contributed by atoms with Gasteiger partial charge in [0.05, 0.1) is 15.2 Å². The van der Waals surface area contributed by atoms with Crippen molar-refractivity contribution < 1.29 is 23.0 Å². The van der Waals surface area contributed by atoms with Gasteiger partial charge in [-0.3, -0.25) is 9.80 Å². The summed E-state index contributed by atoms with van der Waals surface area (Å²) in [4.78, 5) is 12.8. The molecule has 1 aromatic carbocycles. The van der Waals surface area contributed by atoms with E-state index >= 15 is 0 Å². The molecule has 1 saturated heterocycles. The van der Waals surface area contributed by atoms with Crippen LogP contribution < -0.4 is 4.74 Å². The number of benzene rings is 1. The summed E-state index contributed by atoms with van der Waals surface area (Å²) in [6.07, 6.45) is -3.70. The highest BCUT2D eigenvalue weighted by molar-refractivity contribution is 7.18. The van der Waals surface area contributed by atoms with Crippen molar-refractivity contribution >= 4 is 32.9 Å². The summed E-state index contributed by atoms with van der Waals surface area (Å²) in [5.41, 5.74) is 0.897. The zero-order valence-corrected chi connectivity index (χ0v) is 18.6. The monoisotopic (exact) mass is 472 g/mol. The van der Waals surface area contributed by atoms with Crippen LogP contribution in [0.5, 0.6) is 5.75 Å². The molecule has 0 amide bonds. The molecular weight excluding hydrogens is 449 g/mol. The van der Waals surface area contributed by atoms with E-state index in [0.29, 0.717) is 35.1 Å². The third kappa shape index (κ3) is 5.92. The van der Waals surface area contributed by atoms with Gasteiger partial charge in [0, 0.05) is 56.4 Å². The molecule has 4 rings (SSSR count). The standard InChI is InChI=1S/C20H23F3N4O2S2/c1-13-25-17-8-15(2-3-18(17)30-13)29-12-14(28)10-26-4-6-27(7-5-26)11-16-9-24-19(31-16)20(21,22)23/h2-3,8-9,14,28H,4-7,10-12H2,1H3/t14-/m1/s1. The van der Waals surface area contributed by atoms with E-state index in [2.05, 4.69) is 19.8 Å². The van der Waals surface area contributed by atoms with E-state index < -0.39 is 17.3 Å². The van der Waals surface area contributed by atoms with Crippen molar-refractivity contribution in [3.8, 4) is 5.75 Å². The van der Waals surface area contributed by atoms with Crippen LogP contribution in [0.15, 0.2) is 24.4 Å². The van der Waals surface area contributed by atoms with Crippen LogP contribution in [0.4, 0.5) is 13.2 Å². The molecular formula is C20H23F3N4O2S2. The molecule has 2 aromatic heterocycles. The van der Waals surface area contributed by atoms with Crippen molar-refractivity contribution in [2.24, 2.45) is 0 Å². The number of ether oxygens (including phenoxy) is 1. The maximum atomic E-state index is 12.7. The number of nitrogens with zero attached hydrogens (tertiary/aromatic N) is 4. The summed E-state index contributed by atoms with van der Waals surface area (Å²) in [5.74, 6) is 0.685. The van der Waals surface area contributed by atoms with Crippen LogP contribution in [0, 0.1) is 6.92 Å². The van der Waals surface area contributed by atoms with E-state index in [9.17, 15) is 18.3 Å². The highest BCUT2D eigenvalue weighted by atomic mass is 32.1. The van der Waals surface area contributed by atoms with Gasteiger partial charge in [0.2, 0.25) is 0 Å². The quantitative estimate of drug-likeness (QED) is 0.567. The zero-order valence-electron chi connectivity index (χ0n) is 16.9. The lowest BCUT2D eigenvalue weighted by Gasteiger charge is -2.35. The Kier molecular flexibility index (Phi) is 6.77. The van der Waals surface area contributed by atoms with Crippen LogP contribution in [0.25, 0.3) is 10.2 Å². The van der Waals surface area contributed by atoms with E-state index in [-0.39, 0.29) is 6.61 Å². The molecule has 0 aliphatic carbocycles. The maximum absolute atomic E-state index is 12.7. The van der Waals surface area contributed by atoms with Gasteiger partial charge in [-0.05, 0) is 19.1 Å². The topological polar surface area (TPSA) is 61.7 Å². The smallest absolute Gasteiger partial charge is 0.443 e. The predicted molar refractivity (Wildman–Crippen MR) is 115 cm³/mol. The average Bonchev–Trinajstić information content (AvgIpc) is 3.33. The molecule has 1 fully saturated rings. The molecule has 1 aliphatic rings. The first kappa shape index (κ1) is 22.4. The molecule has 1 N–H and O–H groups in total. The van der Waals surface area contributed by atoms with Gasteiger partial charge in [0.25, 0.3) is 0 Å². The van der Waals surface area contributed by atoms with E-state index in [4.69, 9.17) is 4.74 Å². The van der Waals surface area contributed by atoms with Gasteiger partial charge in [-0.25, -0.2) is 9.97 Å². The Morgan fingerprint density at radius 3 is 2.61 bits per heavy atom. The van der Waals surface area contributed by atoms with Gasteiger partial charge in [0.15, 0.2) is 5.01 Å². The summed E-state index contributed by atoms with van der Waals surface area (Å²) < 4.78 is 44.9. The first-order valence-electron chi connectivity index (χ1n) is 9.91. The fourth-order valence-electron chi connectivity index (χ4n) is 3.52. The molecule has 0 radical (unpaired) electrons. The molecule has 168 valence electrons. The third-order valence-corrected chi connectivity index (χ3v) is 7.00. The summed E-state index contributed by atoms with van der Waals surface area (Å²) in [5, 5.41) is 10.6. The predicted octanol–water partition coefficient (Wildman–Crippen LogP) is 3.64. The van der Waals surface area contributed by atoms with E-state index in [1.54, 1.807) is 11.3 Å². The number of aromatic nitrogens is 2. The van der Waals surface area contributed by atoms with Gasteiger partial charge in [-0.1, -0.05) is 0 Å². The van der Waals surface area contributed by atoms with Crippen molar-refractivity contribution in [1.29, 1.82) is 0 Å². The number of piperazine rings is 1. The molecule has 0 unspecified atom stereocenters. The first-order valence-corrected chi connectivity index (χ1v) is 11.5. The number of fused-ring (bicyclic) bond motifs is 1. The van der Waals surface area contributed by atoms with Crippen molar-refractivity contribution in [1.82, 2.24) is 19.8 Å². The number of thiazole rings is 2. The van der Waals surface area contributed by atoms with E-state index in [0.717, 1.165) is 41.4 Å². The number of rotatable bonds is 7. The number of β-amino-alcohol motifs (C(OH)–C–C–N with tert-alkyl or cyclic N) is 1. The Bertz CT molecular complexity index is 1020. The molecule has 0 saturated carbocycles. The Balaban J connectivity index is 1.19. The lowest BCUT2D eigenvalue weighted by atomic mass is 10.2. The molecule has 11 heteroatoms. The minimum absolute atomic E-state index is 0.190. The lowest BCUT2D eigenvalue weighted by Crippen LogP contribution is -2.48. The molecule has 6 nitrogen and oxygen atoms in total. The van der Waals surface area contributed by atoms with Gasteiger partial charge in [0.1, 0.15) is 18.5 Å². The number of hydrogen-bond acceptors (Lipinski definition) is 8. The second-order valence-electron chi connectivity index (χ2n) is 7.53. The van der Waals surface area contributed by atoms with Gasteiger partial charge in [-0.15, -0.1) is 22.7 Å². The van der Waals surface area contributed by atoms with Crippen LogP contribution in [-0.4, -0.2) is 70.3 Å². The van der Waals surface area contributed by atoms with Crippen LogP contribution in [0.1, 0.15) is 14.9 Å². The lowest BCUT2D eigenvalue weighted by molar-refractivity contribution is -0.137.